The number of carbonyl (C=O) groups is 2. The number of hydrogen-bond donors (Lipinski definition) is 1. The first-order valence-electron chi connectivity index (χ1n) is 13.9. The van der Waals surface area contributed by atoms with Gasteiger partial charge in [-0.25, -0.2) is 18.4 Å². The minimum absolute atomic E-state index is 0.0191. The zero-order chi connectivity index (χ0) is 31.4. The summed E-state index contributed by atoms with van der Waals surface area (Å²) in [6.07, 6.45) is 2.02. The predicted octanol–water partition coefficient (Wildman–Crippen LogP) is 4.39. The molecule has 2 aromatic carbocycles. The number of rotatable bonds is 8. The minimum Gasteiger partial charge on any atom is -0.334 e. The zero-order valence-corrected chi connectivity index (χ0v) is 24.3. The Balaban J connectivity index is 1.21. The summed E-state index contributed by atoms with van der Waals surface area (Å²) in [6, 6.07) is 10.4. The molecule has 3 aromatic rings. The highest BCUT2D eigenvalue weighted by Gasteiger charge is 2.55. The van der Waals surface area contributed by atoms with Gasteiger partial charge in [-0.3, -0.25) is 9.59 Å². The lowest BCUT2D eigenvalue weighted by Gasteiger charge is -2.26. The maximum Gasteiger partial charge on any atom is 0.416 e. The molecule has 2 amide bonds. The third-order valence-electron chi connectivity index (χ3n) is 8.16. The summed E-state index contributed by atoms with van der Waals surface area (Å²) in [5, 5.41) is 12.4. The number of hydrogen-bond acceptors (Lipinski definition) is 8. The molecule has 0 spiro atoms. The van der Waals surface area contributed by atoms with Crippen molar-refractivity contribution in [2.75, 3.05) is 16.5 Å². The quantitative estimate of drug-likeness (QED) is 0.390. The molecule has 1 N–H and O–H groups in total. The number of fused-ring (bicyclic) bond motifs is 1. The number of nitrogens with zero attached hydrogens (tertiary/aromatic N) is 5. The second kappa shape index (κ2) is 10.6. The Bertz CT molecular complexity index is 1780. The zero-order valence-electron chi connectivity index (χ0n) is 23.5. The van der Waals surface area contributed by atoms with E-state index < -0.39 is 44.8 Å². The molecule has 0 unspecified atom stereocenters. The number of nitriles is 1. The van der Waals surface area contributed by atoms with E-state index in [1.54, 1.807) is 0 Å². The molecule has 2 fully saturated rings. The molecule has 1 aliphatic heterocycles. The maximum absolute atomic E-state index is 13.6. The fraction of sp³-hybridized carbons (Fsp3) is 0.367. The van der Waals surface area contributed by atoms with E-state index >= 15 is 0 Å². The van der Waals surface area contributed by atoms with Gasteiger partial charge in [-0.15, -0.1) is 0 Å². The van der Waals surface area contributed by atoms with Crippen molar-refractivity contribution < 1.29 is 31.2 Å². The van der Waals surface area contributed by atoms with Crippen LogP contribution in [0.5, 0.6) is 0 Å². The molecule has 44 heavy (non-hydrogen) atoms. The van der Waals surface area contributed by atoms with E-state index in [0.717, 1.165) is 31.2 Å². The van der Waals surface area contributed by atoms with Gasteiger partial charge in [0.05, 0.1) is 34.6 Å². The first-order chi connectivity index (χ1) is 20.8. The number of halogens is 3. The van der Waals surface area contributed by atoms with Crippen molar-refractivity contribution in [3.05, 3.63) is 77.1 Å². The lowest BCUT2D eigenvalue weighted by atomic mass is 10.0. The van der Waals surface area contributed by atoms with Crippen LogP contribution in [-0.4, -0.2) is 47.4 Å². The van der Waals surface area contributed by atoms with Crippen LogP contribution in [0.4, 0.5) is 24.8 Å². The number of anilines is 2. The lowest BCUT2D eigenvalue weighted by molar-refractivity contribution is -0.141. The molecule has 1 atom stereocenters. The summed E-state index contributed by atoms with van der Waals surface area (Å²) in [6.45, 7) is 0.287. The van der Waals surface area contributed by atoms with Gasteiger partial charge in [-0.05, 0) is 66.6 Å². The van der Waals surface area contributed by atoms with E-state index in [1.165, 1.54) is 47.6 Å². The van der Waals surface area contributed by atoms with E-state index in [9.17, 15) is 36.4 Å². The van der Waals surface area contributed by atoms with Gasteiger partial charge in [0.25, 0.3) is 5.91 Å². The number of carbonyl (C=O) groups excluding carboxylic acids is 2. The summed E-state index contributed by atoms with van der Waals surface area (Å²) in [7, 11) is -3.53. The summed E-state index contributed by atoms with van der Waals surface area (Å²) in [5.74, 6) is -0.697. The van der Waals surface area contributed by atoms with Crippen molar-refractivity contribution in [1.82, 2.24) is 14.9 Å². The molecule has 2 heterocycles. The molecule has 10 nitrogen and oxygen atoms in total. The number of sulfone groups is 1. The number of nitrogens with one attached hydrogen (secondary N) is 1. The van der Waals surface area contributed by atoms with Gasteiger partial charge in [0, 0.05) is 25.4 Å². The molecule has 0 bridgehead atoms. The second-order valence-corrected chi connectivity index (χ2v) is 13.5. The SMILES string of the molecule is CS(=O)(=O)c1ccc2c(c1)CN(C(=O)C1(C#N)CC1)[C@H]2C(=O)Nc1cnc(N(Cc2ccc(C(F)(F)F)cc2)C2CC2)nc1. The smallest absolute Gasteiger partial charge is 0.334 e. The molecule has 2 saturated carbocycles. The lowest BCUT2D eigenvalue weighted by Crippen LogP contribution is -2.40. The number of amides is 2. The molecule has 0 radical (unpaired) electrons. The first kappa shape index (κ1) is 29.6. The molecular weight excluding hydrogens is 597 g/mol. The monoisotopic (exact) mass is 624 g/mol. The van der Waals surface area contributed by atoms with E-state index in [4.69, 9.17) is 0 Å². The number of aromatic nitrogens is 2. The van der Waals surface area contributed by atoms with Gasteiger partial charge in [0.15, 0.2) is 9.84 Å². The fourth-order valence-electron chi connectivity index (χ4n) is 5.39. The Hall–Kier alpha value is -4.51. The maximum atomic E-state index is 13.6. The van der Waals surface area contributed by atoms with Crippen LogP contribution < -0.4 is 10.2 Å². The summed E-state index contributed by atoms with van der Waals surface area (Å²) in [5.41, 5.74) is -0.0309. The molecule has 1 aromatic heterocycles. The normalized spacial score (nSPS) is 18.7. The second-order valence-electron chi connectivity index (χ2n) is 11.5. The molecule has 2 aliphatic carbocycles. The molecule has 6 rings (SSSR count). The minimum atomic E-state index is -4.42. The Kier molecular flexibility index (Phi) is 7.11. The summed E-state index contributed by atoms with van der Waals surface area (Å²) < 4.78 is 63.2. The largest absolute Gasteiger partial charge is 0.416 e. The highest BCUT2D eigenvalue weighted by molar-refractivity contribution is 7.90. The molecule has 3 aliphatic rings. The molecule has 228 valence electrons. The average molecular weight is 625 g/mol. The molecule has 0 saturated heterocycles. The van der Waals surface area contributed by atoms with E-state index in [-0.39, 0.29) is 23.2 Å². The van der Waals surface area contributed by atoms with Gasteiger partial charge < -0.3 is 15.1 Å². The predicted molar refractivity (Wildman–Crippen MR) is 151 cm³/mol. The van der Waals surface area contributed by atoms with Crippen LogP contribution in [0, 0.1) is 16.7 Å². The van der Waals surface area contributed by atoms with E-state index in [1.807, 2.05) is 4.90 Å². The van der Waals surface area contributed by atoms with Crippen molar-refractivity contribution in [2.24, 2.45) is 5.41 Å². The van der Waals surface area contributed by atoms with Crippen LogP contribution in [0.2, 0.25) is 0 Å². The standard InChI is InChI=1S/C30H27F3N6O4S/c1-44(42,43)23-8-9-24-19(12-23)16-39(27(41)29(17-34)10-11-29)25(24)26(40)37-21-13-35-28(36-14-21)38(22-6-7-22)15-18-2-4-20(5-3-18)30(31,32)33/h2-5,8-9,12-14,22,25H,6-7,10-11,15-16H2,1H3,(H,37,40)/t25-/m1/s1. The Morgan fingerprint density at radius 1 is 1.11 bits per heavy atom. The summed E-state index contributed by atoms with van der Waals surface area (Å²) in [4.78, 5) is 39.1. The molecule has 14 heteroatoms. The fourth-order valence-corrected chi connectivity index (χ4v) is 6.07. The Morgan fingerprint density at radius 2 is 1.77 bits per heavy atom. The third-order valence-corrected chi connectivity index (χ3v) is 9.27. The van der Waals surface area contributed by atoms with Crippen LogP contribution in [0.25, 0.3) is 0 Å². The summed E-state index contributed by atoms with van der Waals surface area (Å²) >= 11 is 0. The van der Waals surface area contributed by atoms with Crippen LogP contribution in [0.15, 0.2) is 59.8 Å². The highest BCUT2D eigenvalue weighted by Crippen LogP contribution is 2.49. The number of benzene rings is 2. The van der Waals surface area contributed by atoms with Gasteiger partial charge in [0.1, 0.15) is 11.5 Å². The average Bonchev–Trinajstić information content (AvgIpc) is 3.92. The molecular formula is C30H27F3N6O4S. The van der Waals surface area contributed by atoms with Crippen LogP contribution >= 0.6 is 0 Å². The van der Waals surface area contributed by atoms with Crippen LogP contribution in [0.3, 0.4) is 0 Å². The van der Waals surface area contributed by atoms with Crippen molar-refractivity contribution >= 4 is 33.3 Å². The van der Waals surface area contributed by atoms with Crippen LogP contribution in [0.1, 0.15) is 54.0 Å². The Labute approximate surface area is 251 Å². The van der Waals surface area contributed by atoms with Gasteiger partial charge in [-0.2, -0.15) is 18.4 Å². The van der Waals surface area contributed by atoms with E-state index in [2.05, 4.69) is 21.4 Å². The number of alkyl halides is 3. The van der Waals surface area contributed by atoms with Gasteiger partial charge >= 0.3 is 6.18 Å². The Morgan fingerprint density at radius 3 is 2.32 bits per heavy atom. The van der Waals surface area contributed by atoms with Crippen molar-refractivity contribution in [3.63, 3.8) is 0 Å². The highest BCUT2D eigenvalue weighted by atomic mass is 32.2. The van der Waals surface area contributed by atoms with Gasteiger partial charge in [0.2, 0.25) is 11.9 Å². The van der Waals surface area contributed by atoms with E-state index in [0.29, 0.717) is 42.0 Å². The van der Waals surface area contributed by atoms with Gasteiger partial charge in [-0.1, -0.05) is 18.2 Å². The first-order valence-corrected chi connectivity index (χ1v) is 15.8. The van der Waals surface area contributed by atoms with Crippen molar-refractivity contribution in [1.29, 1.82) is 5.26 Å². The van der Waals surface area contributed by atoms with Crippen LogP contribution in [-0.2, 0) is 38.7 Å². The topological polar surface area (TPSA) is 136 Å². The third kappa shape index (κ3) is 5.71. The van der Waals surface area contributed by atoms with Crippen molar-refractivity contribution in [2.45, 2.75) is 61.9 Å². The van der Waals surface area contributed by atoms with Crippen molar-refractivity contribution in [3.8, 4) is 6.07 Å².